The zero-order chi connectivity index (χ0) is 16.9. The summed E-state index contributed by atoms with van der Waals surface area (Å²) in [5.41, 5.74) is 4.87. The summed E-state index contributed by atoms with van der Waals surface area (Å²) < 4.78 is 1.72. The Morgan fingerprint density at radius 1 is 1.12 bits per heavy atom. The summed E-state index contributed by atoms with van der Waals surface area (Å²) in [6.07, 6.45) is 0.817. The molecule has 1 N–H and O–H groups in total. The Labute approximate surface area is 145 Å². The molecule has 0 bridgehead atoms. The van der Waals surface area contributed by atoms with Gasteiger partial charge in [0.1, 0.15) is 0 Å². The summed E-state index contributed by atoms with van der Waals surface area (Å²) in [7, 11) is 0. The highest BCUT2D eigenvalue weighted by Crippen LogP contribution is 2.22. The third-order valence-electron chi connectivity index (χ3n) is 4.05. The molecular formula is C19H21N3OS. The lowest BCUT2D eigenvalue weighted by Gasteiger charge is -2.08. The second-order valence-corrected chi connectivity index (χ2v) is 6.86. The molecule has 0 aliphatic carbocycles. The Morgan fingerprint density at radius 3 is 2.71 bits per heavy atom. The fourth-order valence-corrected chi connectivity index (χ4v) is 3.63. The van der Waals surface area contributed by atoms with E-state index in [1.54, 1.807) is 16.3 Å². The van der Waals surface area contributed by atoms with Crippen LogP contribution >= 0.6 is 11.8 Å². The minimum atomic E-state index is -0.144. The van der Waals surface area contributed by atoms with E-state index in [0.717, 1.165) is 17.3 Å². The molecule has 3 rings (SSSR count). The maximum absolute atomic E-state index is 12.0. The maximum Gasteiger partial charge on any atom is 0.343 e. The average molecular weight is 339 g/mol. The van der Waals surface area contributed by atoms with Crippen LogP contribution < -0.4 is 5.69 Å². The lowest BCUT2D eigenvalue weighted by atomic mass is 10.1. The summed E-state index contributed by atoms with van der Waals surface area (Å²) in [6, 6.07) is 16.6. The predicted molar refractivity (Wildman–Crippen MR) is 98.5 cm³/mol. The van der Waals surface area contributed by atoms with Gasteiger partial charge in [-0.15, -0.1) is 5.10 Å². The fourth-order valence-electron chi connectivity index (χ4n) is 2.59. The largest absolute Gasteiger partial charge is 0.343 e. The van der Waals surface area contributed by atoms with Gasteiger partial charge in [-0.1, -0.05) is 65.9 Å². The Morgan fingerprint density at radius 2 is 1.92 bits per heavy atom. The van der Waals surface area contributed by atoms with Gasteiger partial charge < -0.3 is 0 Å². The fraction of sp³-hybridized carbons (Fsp3) is 0.263. The van der Waals surface area contributed by atoms with Crippen LogP contribution in [-0.2, 0) is 18.7 Å². The Hall–Kier alpha value is -2.27. The number of aromatic nitrogens is 3. The smallest absolute Gasteiger partial charge is 0.270 e. The zero-order valence-electron chi connectivity index (χ0n) is 14.0. The standard InChI is InChI=1S/C19H21N3OS/c1-14-8-9-15(2)17(12-14)13-24-19-21-20-18(23)22(19)11-10-16-6-4-3-5-7-16/h3-9,12H,10-11,13H2,1-2H3,(H,20,23). The van der Waals surface area contributed by atoms with E-state index >= 15 is 0 Å². The number of H-pyrrole nitrogens is 1. The van der Waals surface area contributed by atoms with Crippen molar-refractivity contribution in [2.24, 2.45) is 0 Å². The van der Waals surface area contributed by atoms with Gasteiger partial charge in [0.15, 0.2) is 5.16 Å². The average Bonchev–Trinajstić information content (AvgIpc) is 2.95. The first-order valence-corrected chi connectivity index (χ1v) is 9.00. The van der Waals surface area contributed by atoms with Crippen LogP contribution in [0.5, 0.6) is 0 Å². The zero-order valence-corrected chi connectivity index (χ0v) is 14.8. The van der Waals surface area contributed by atoms with Gasteiger partial charge in [-0.2, -0.15) is 0 Å². The number of nitrogens with zero attached hydrogens (tertiary/aromatic N) is 2. The monoisotopic (exact) mass is 339 g/mol. The van der Waals surface area contributed by atoms with E-state index in [2.05, 4.69) is 54.4 Å². The van der Waals surface area contributed by atoms with Crippen LogP contribution in [0.2, 0.25) is 0 Å². The highest BCUT2D eigenvalue weighted by atomic mass is 32.2. The van der Waals surface area contributed by atoms with Crippen molar-refractivity contribution in [3.63, 3.8) is 0 Å². The lowest BCUT2D eigenvalue weighted by Crippen LogP contribution is -2.18. The molecule has 24 heavy (non-hydrogen) atoms. The summed E-state index contributed by atoms with van der Waals surface area (Å²) >= 11 is 1.60. The number of thioether (sulfide) groups is 1. The molecule has 0 spiro atoms. The van der Waals surface area contributed by atoms with Crippen molar-refractivity contribution in [2.45, 2.75) is 37.7 Å². The van der Waals surface area contributed by atoms with Crippen molar-refractivity contribution < 1.29 is 0 Å². The minimum absolute atomic E-state index is 0.144. The molecule has 0 aliphatic rings. The molecule has 2 aromatic carbocycles. The van der Waals surface area contributed by atoms with E-state index in [1.807, 2.05) is 18.2 Å². The molecule has 0 atom stereocenters. The van der Waals surface area contributed by atoms with E-state index < -0.39 is 0 Å². The molecule has 0 unspecified atom stereocenters. The molecular weight excluding hydrogens is 318 g/mol. The van der Waals surface area contributed by atoms with Crippen LogP contribution in [-0.4, -0.2) is 14.8 Å². The van der Waals surface area contributed by atoms with E-state index in [1.165, 1.54) is 22.3 Å². The van der Waals surface area contributed by atoms with E-state index in [0.29, 0.717) is 6.54 Å². The minimum Gasteiger partial charge on any atom is -0.270 e. The van der Waals surface area contributed by atoms with Crippen molar-refractivity contribution >= 4 is 11.8 Å². The number of hydrogen-bond donors (Lipinski definition) is 1. The molecule has 0 saturated heterocycles. The predicted octanol–water partition coefficient (Wildman–Crippen LogP) is 3.72. The first-order valence-electron chi connectivity index (χ1n) is 8.01. The molecule has 0 aliphatic heterocycles. The number of benzene rings is 2. The highest BCUT2D eigenvalue weighted by Gasteiger charge is 2.10. The van der Waals surface area contributed by atoms with Crippen molar-refractivity contribution in [1.29, 1.82) is 0 Å². The van der Waals surface area contributed by atoms with E-state index in [-0.39, 0.29) is 5.69 Å². The molecule has 4 nitrogen and oxygen atoms in total. The summed E-state index contributed by atoms with van der Waals surface area (Å²) in [4.78, 5) is 12.0. The topological polar surface area (TPSA) is 50.7 Å². The van der Waals surface area contributed by atoms with Crippen LogP contribution in [0, 0.1) is 13.8 Å². The van der Waals surface area contributed by atoms with Crippen LogP contribution in [0.3, 0.4) is 0 Å². The van der Waals surface area contributed by atoms with E-state index in [9.17, 15) is 4.79 Å². The normalized spacial score (nSPS) is 10.9. The molecule has 3 aromatic rings. The molecule has 5 heteroatoms. The lowest BCUT2D eigenvalue weighted by molar-refractivity contribution is 0.616. The van der Waals surface area contributed by atoms with Crippen LogP contribution in [0.4, 0.5) is 0 Å². The maximum atomic E-state index is 12.0. The summed E-state index contributed by atoms with van der Waals surface area (Å²) in [5, 5.41) is 7.50. The number of rotatable bonds is 6. The third kappa shape index (κ3) is 3.97. The Kier molecular flexibility index (Phi) is 5.20. The quantitative estimate of drug-likeness (QED) is 0.696. The van der Waals surface area contributed by atoms with Crippen molar-refractivity contribution in [3.8, 4) is 0 Å². The SMILES string of the molecule is Cc1ccc(C)c(CSc2n[nH]c(=O)n2CCc2ccccc2)c1. The van der Waals surface area contributed by atoms with Gasteiger partial charge in [0, 0.05) is 12.3 Å². The van der Waals surface area contributed by atoms with Crippen LogP contribution in [0.25, 0.3) is 0 Å². The third-order valence-corrected chi connectivity index (χ3v) is 5.08. The number of hydrogen-bond acceptors (Lipinski definition) is 3. The van der Waals surface area contributed by atoms with Gasteiger partial charge in [0.05, 0.1) is 0 Å². The molecule has 0 saturated carbocycles. The van der Waals surface area contributed by atoms with Crippen LogP contribution in [0.15, 0.2) is 58.5 Å². The van der Waals surface area contributed by atoms with Crippen LogP contribution in [0.1, 0.15) is 22.3 Å². The van der Waals surface area contributed by atoms with Gasteiger partial charge in [-0.3, -0.25) is 4.57 Å². The van der Waals surface area contributed by atoms with Crippen molar-refractivity contribution in [3.05, 3.63) is 81.3 Å². The number of aromatic amines is 1. The molecule has 0 amide bonds. The molecule has 0 radical (unpaired) electrons. The van der Waals surface area contributed by atoms with Crippen molar-refractivity contribution in [2.75, 3.05) is 0 Å². The number of aryl methyl sites for hydroxylation is 3. The van der Waals surface area contributed by atoms with Gasteiger partial charge >= 0.3 is 5.69 Å². The van der Waals surface area contributed by atoms with Crippen molar-refractivity contribution in [1.82, 2.24) is 14.8 Å². The van der Waals surface area contributed by atoms with Gasteiger partial charge in [0.2, 0.25) is 0 Å². The summed E-state index contributed by atoms with van der Waals surface area (Å²) in [5.74, 6) is 0.809. The molecule has 0 fully saturated rings. The van der Waals surface area contributed by atoms with E-state index in [4.69, 9.17) is 0 Å². The highest BCUT2D eigenvalue weighted by molar-refractivity contribution is 7.98. The second-order valence-electron chi connectivity index (χ2n) is 5.92. The molecule has 1 aromatic heterocycles. The number of nitrogens with one attached hydrogen (secondary N) is 1. The Bertz CT molecular complexity index is 868. The summed E-state index contributed by atoms with van der Waals surface area (Å²) in [6.45, 7) is 4.84. The second kappa shape index (κ2) is 7.53. The van der Waals surface area contributed by atoms with Gasteiger partial charge in [-0.25, -0.2) is 9.89 Å². The first kappa shape index (κ1) is 16.6. The van der Waals surface area contributed by atoms with Gasteiger partial charge in [-0.05, 0) is 37.0 Å². The van der Waals surface area contributed by atoms with Gasteiger partial charge in [0.25, 0.3) is 0 Å². The Balaban J connectivity index is 1.70. The first-order chi connectivity index (χ1) is 11.6. The molecule has 124 valence electrons. The molecule has 1 heterocycles.